The van der Waals surface area contributed by atoms with Gasteiger partial charge >= 0.3 is 0 Å². The van der Waals surface area contributed by atoms with Crippen LogP contribution < -0.4 is 0 Å². The van der Waals surface area contributed by atoms with Crippen molar-refractivity contribution in [1.82, 2.24) is 0 Å². The summed E-state index contributed by atoms with van der Waals surface area (Å²) < 4.78 is 4.94. The molecule has 24 heavy (non-hydrogen) atoms. The van der Waals surface area contributed by atoms with E-state index in [-0.39, 0.29) is 40.4 Å². The van der Waals surface area contributed by atoms with Gasteiger partial charge in [0.2, 0.25) is 0 Å². The summed E-state index contributed by atoms with van der Waals surface area (Å²) in [5.41, 5.74) is 0. The third-order valence-corrected chi connectivity index (χ3v) is 3.92. The normalized spacial score (nSPS) is 25.3. The maximum atomic E-state index is 4.94. The topological polar surface area (TPSA) is 9.23 Å². The van der Waals surface area contributed by atoms with Crippen LogP contribution in [0.2, 0.25) is 0 Å². The van der Waals surface area contributed by atoms with Crippen molar-refractivity contribution in [3.63, 3.8) is 0 Å². The molecule has 3 fully saturated rings. The fourth-order valence-electron chi connectivity index (χ4n) is 2.65. The van der Waals surface area contributed by atoms with Gasteiger partial charge in [-0.05, 0) is 51.4 Å². The van der Waals surface area contributed by atoms with Crippen molar-refractivity contribution in [2.24, 2.45) is 0 Å². The zero-order valence-corrected chi connectivity index (χ0v) is 16.3. The van der Waals surface area contributed by atoms with Gasteiger partial charge in [-0.1, -0.05) is 48.6 Å². The van der Waals surface area contributed by atoms with Gasteiger partial charge < -0.3 is 4.74 Å². The number of fused-ring (bicyclic) bond motifs is 2. The molecule has 2 heteroatoms. The Morgan fingerprint density at radius 3 is 1.12 bits per heavy atom. The minimum Gasteiger partial charge on any atom is -0.381 e. The molecular weight excluding hydrogens is 431 g/mol. The quantitative estimate of drug-likeness (QED) is 0.523. The van der Waals surface area contributed by atoms with Crippen molar-refractivity contribution >= 4 is 0 Å². The summed E-state index contributed by atoms with van der Waals surface area (Å²) in [4.78, 5) is 0. The zero-order valence-electron chi connectivity index (χ0n) is 13.7. The maximum Gasteiger partial charge on any atom is 0.0466 e. The summed E-state index contributed by atoms with van der Waals surface area (Å²) in [6.45, 7) is 2.00. The maximum absolute atomic E-state index is 4.94. The van der Waals surface area contributed by atoms with E-state index in [0.29, 0.717) is 0 Å². The van der Waals surface area contributed by atoms with E-state index in [1.54, 1.807) is 0 Å². The van der Waals surface area contributed by atoms with Crippen molar-refractivity contribution in [2.75, 3.05) is 13.2 Å². The Morgan fingerprint density at radius 2 is 0.875 bits per heavy atom. The smallest absolute Gasteiger partial charge is 0.0466 e. The Balaban J connectivity index is 0.000000133. The van der Waals surface area contributed by atoms with Crippen LogP contribution in [-0.4, -0.2) is 13.2 Å². The van der Waals surface area contributed by atoms with Gasteiger partial charge in [-0.15, -0.1) is 0 Å². The standard InChI is InChI=1S/2C9H7.C4H8O.Sm/c2*1-2-5-9-7-3-6-8(9)4-1;1-2-4-5-3-1;/h2*1-7H;1-4H2;. The Bertz CT molecular complexity index is 377. The molecule has 0 aromatic rings. The molecule has 1 saturated heterocycles. The second-order valence-corrected chi connectivity index (χ2v) is 5.63. The fourth-order valence-corrected chi connectivity index (χ4v) is 2.65. The molecule has 5 aliphatic rings. The molecule has 0 unspecified atom stereocenters. The van der Waals surface area contributed by atoms with Crippen LogP contribution in [0.5, 0.6) is 0 Å². The van der Waals surface area contributed by atoms with Crippen molar-refractivity contribution < 1.29 is 45.1 Å². The molecule has 0 aromatic carbocycles. The number of hydrogen-bond acceptors (Lipinski definition) is 1. The molecule has 0 amide bonds. The number of hydrogen-bond donors (Lipinski definition) is 0. The molecular formula is C22H22OSm. The molecule has 10 radical (unpaired) electrons. The molecule has 1 nitrogen and oxygen atoms in total. The van der Waals surface area contributed by atoms with Gasteiger partial charge in [0.15, 0.2) is 0 Å². The van der Waals surface area contributed by atoms with Crippen molar-refractivity contribution in [2.45, 2.75) is 12.8 Å². The molecule has 0 N–H and O–H groups in total. The van der Waals surface area contributed by atoms with Crippen molar-refractivity contribution in [1.29, 1.82) is 0 Å². The molecule has 0 bridgehead atoms. The first-order valence-corrected chi connectivity index (χ1v) is 8.22. The second-order valence-electron chi connectivity index (χ2n) is 5.63. The molecule has 4 aliphatic carbocycles. The van der Waals surface area contributed by atoms with E-state index >= 15 is 0 Å². The summed E-state index contributed by atoms with van der Waals surface area (Å²) in [5, 5.41) is 0. The number of ether oxygens (including phenoxy) is 1. The third kappa shape index (κ3) is 6.53. The van der Waals surface area contributed by atoms with E-state index in [2.05, 4.69) is 87.1 Å². The first-order chi connectivity index (χ1) is 11.4. The van der Waals surface area contributed by atoms with Gasteiger partial charge in [0, 0.05) is 77.3 Å². The van der Waals surface area contributed by atoms with Crippen LogP contribution in [0.4, 0.5) is 0 Å². The van der Waals surface area contributed by atoms with Crippen LogP contribution in [0.25, 0.3) is 0 Å². The van der Waals surface area contributed by atoms with Gasteiger partial charge in [-0.2, -0.15) is 0 Å². The van der Waals surface area contributed by atoms with E-state index in [9.17, 15) is 0 Å². The summed E-state index contributed by atoms with van der Waals surface area (Å²) in [7, 11) is 0. The molecule has 0 spiro atoms. The van der Waals surface area contributed by atoms with E-state index in [1.165, 1.54) is 36.5 Å². The van der Waals surface area contributed by atoms with Crippen LogP contribution >= 0.6 is 0 Å². The summed E-state index contributed by atoms with van der Waals surface area (Å²) >= 11 is 0. The van der Waals surface area contributed by atoms with Crippen LogP contribution in [0.15, 0.2) is 48.6 Å². The molecule has 1 heterocycles. The van der Waals surface area contributed by atoms with E-state index in [0.717, 1.165) is 13.2 Å². The molecule has 122 valence electrons. The van der Waals surface area contributed by atoms with Gasteiger partial charge in [0.1, 0.15) is 0 Å². The molecule has 0 atom stereocenters. The van der Waals surface area contributed by atoms with Gasteiger partial charge in [-0.3, -0.25) is 0 Å². The molecule has 1 aliphatic heterocycles. The predicted octanol–water partition coefficient (Wildman–Crippen LogP) is 4.57. The number of rotatable bonds is 0. The zero-order chi connectivity index (χ0) is 15.7. The van der Waals surface area contributed by atoms with Crippen LogP contribution in [0.3, 0.4) is 0 Å². The summed E-state index contributed by atoms with van der Waals surface area (Å²) in [6.07, 6.45) is 31.9. The largest absolute Gasteiger partial charge is 0.381 e. The van der Waals surface area contributed by atoms with E-state index in [1.807, 2.05) is 0 Å². The monoisotopic (exact) mass is 454 g/mol. The van der Waals surface area contributed by atoms with Crippen molar-refractivity contribution in [3.05, 3.63) is 111 Å². The average molecular weight is 453 g/mol. The Kier molecular flexibility index (Phi) is 10.1. The first-order valence-electron chi connectivity index (χ1n) is 8.22. The number of allylic oxidation sites excluding steroid dienone is 8. The molecule has 5 rings (SSSR count). The third-order valence-electron chi connectivity index (χ3n) is 3.92. The summed E-state index contributed by atoms with van der Waals surface area (Å²) in [5.74, 6) is 5.32. The fraction of sp³-hybridized carbons (Fsp3) is 0.182. The van der Waals surface area contributed by atoms with E-state index in [4.69, 9.17) is 4.74 Å². The van der Waals surface area contributed by atoms with Crippen LogP contribution in [-0.2, 0) is 4.74 Å². The van der Waals surface area contributed by atoms with E-state index < -0.39 is 0 Å². The van der Waals surface area contributed by atoms with Gasteiger partial charge in [-0.25, -0.2) is 0 Å². The minimum atomic E-state index is 0. The first kappa shape index (κ1) is 20.6. The molecule has 0 aromatic heterocycles. The minimum absolute atomic E-state index is 0. The molecule has 2 saturated carbocycles. The predicted molar refractivity (Wildman–Crippen MR) is 95.4 cm³/mol. The Morgan fingerprint density at radius 1 is 0.542 bits per heavy atom. The summed E-state index contributed by atoms with van der Waals surface area (Å²) in [6, 6.07) is 0. The van der Waals surface area contributed by atoms with Gasteiger partial charge in [0.25, 0.3) is 0 Å². The SMILES string of the molecule is C1CCOC1.[CH]1[CH][C]2C=CC=C[C]2[CH]1.[CH]1[CH][C]2C=CC=C[C]2[CH]1.[Sm]. The van der Waals surface area contributed by atoms with Crippen LogP contribution in [0.1, 0.15) is 12.8 Å². The van der Waals surface area contributed by atoms with Crippen molar-refractivity contribution in [3.8, 4) is 0 Å². The second kappa shape index (κ2) is 11.8. The average Bonchev–Trinajstić information content (AvgIpc) is 3.37. The Labute approximate surface area is 180 Å². The van der Waals surface area contributed by atoms with Crippen LogP contribution in [0, 0.1) is 103 Å². The Hall–Kier alpha value is 0.258. The van der Waals surface area contributed by atoms with Gasteiger partial charge in [0.05, 0.1) is 0 Å².